The molecule has 1 aliphatic rings. The summed E-state index contributed by atoms with van der Waals surface area (Å²) in [4.78, 5) is 25.0. The molecule has 0 radical (unpaired) electrons. The van der Waals surface area contributed by atoms with Gasteiger partial charge in [0, 0.05) is 43.3 Å². The van der Waals surface area contributed by atoms with E-state index in [1.54, 1.807) is 22.7 Å². The summed E-state index contributed by atoms with van der Waals surface area (Å²) >= 11 is 1.25. The fraction of sp³-hybridized carbons (Fsp3) is 0.357. The maximum absolute atomic E-state index is 12.1. The Morgan fingerprint density at radius 2 is 2.25 bits per heavy atom. The Bertz CT molecular complexity index is 695. The number of anilines is 1. The lowest BCUT2D eigenvalue weighted by molar-refractivity contribution is -0.117. The molecular weight excluding hydrogens is 274 g/mol. The first-order valence-electron chi connectivity index (χ1n) is 6.44. The van der Waals surface area contributed by atoms with E-state index in [-0.39, 0.29) is 16.3 Å². The van der Waals surface area contributed by atoms with Crippen LogP contribution in [0, 0.1) is 0 Å². The van der Waals surface area contributed by atoms with Crippen LogP contribution in [0.4, 0.5) is 5.69 Å². The zero-order chi connectivity index (χ0) is 14.3. The number of amides is 1. The molecular formula is C14H15N3O2S. The van der Waals surface area contributed by atoms with E-state index in [9.17, 15) is 9.59 Å². The van der Waals surface area contributed by atoms with Gasteiger partial charge in [0.15, 0.2) is 5.12 Å². The highest BCUT2D eigenvalue weighted by atomic mass is 32.2. The van der Waals surface area contributed by atoms with Crippen LogP contribution in [0.15, 0.2) is 24.4 Å². The lowest BCUT2D eigenvalue weighted by Crippen LogP contribution is -2.24. The van der Waals surface area contributed by atoms with E-state index in [4.69, 9.17) is 0 Å². The van der Waals surface area contributed by atoms with Gasteiger partial charge in [-0.2, -0.15) is 5.10 Å². The van der Waals surface area contributed by atoms with Gasteiger partial charge in [-0.15, -0.1) is 0 Å². The number of aryl methyl sites for hydroxylation is 1. The summed E-state index contributed by atoms with van der Waals surface area (Å²) in [5.41, 5.74) is 1.87. The highest BCUT2D eigenvalue weighted by Crippen LogP contribution is 2.30. The molecule has 0 saturated carbocycles. The van der Waals surface area contributed by atoms with Crippen molar-refractivity contribution in [3.05, 3.63) is 24.4 Å². The summed E-state index contributed by atoms with van der Waals surface area (Å²) in [5, 5.41) is 5.37. The molecule has 1 amide bonds. The third-order valence-electron chi connectivity index (χ3n) is 3.47. The number of carbonyl (C=O) groups excluding carboxylic acids is 2. The Morgan fingerprint density at radius 1 is 1.45 bits per heavy atom. The maximum atomic E-state index is 12.1. The van der Waals surface area contributed by atoms with Crippen molar-refractivity contribution in [2.45, 2.75) is 18.6 Å². The van der Waals surface area contributed by atoms with E-state index in [2.05, 4.69) is 5.10 Å². The average Bonchev–Trinajstić information content (AvgIpc) is 2.93. The number of fused-ring (bicyclic) bond motifs is 1. The molecule has 0 spiro atoms. The number of carbonyl (C=O) groups is 2. The molecule has 1 unspecified atom stereocenters. The van der Waals surface area contributed by atoms with Gasteiger partial charge in [-0.25, -0.2) is 0 Å². The molecule has 0 aliphatic carbocycles. The Balaban J connectivity index is 1.89. The molecule has 0 N–H and O–H groups in total. The molecule has 2 aromatic rings. The molecule has 2 heterocycles. The van der Waals surface area contributed by atoms with Crippen molar-refractivity contribution in [2.24, 2.45) is 7.05 Å². The van der Waals surface area contributed by atoms with Crippen LogP contribution in [0.25, 0.3) is 10.9 Å². The predicted molar refractivity (Wildman–Crippen MR) is 79.7 cm³/mol. The molecule has 3 rings (SSSR count). The summed E-state index contributed by atoms with van der Waals surface area (Å²) < 4.78 is 1.79. The minimum Gasteiger partial charge on any atom is -0.311 e. The van der Waals surface area contributed by atoms with Crippen molar-refractivity contribution in [2.75, 3.05) is 11.4 Å². The van der Waals surface area contributed by atoms with Crippen LogP contribution in [0.2, 0.25) is 0 Å². The van der Waals surface area contributed by atoms with Crippen LogP contribution in [-0.4, -0.2) is 32.6 Å². The number of hydrogen-bond donors (Lipinski definition) is 0. The second-order valence-corrected chi connectivity index (χ2v) is 6.43. The number of hydrogen-bond acceptors (Lipinski definition) is 4. The number of nitrogens with zero attached hydrogens (tertiary/aromatic N) is 3. The van der Waals surface area contributed by atoms with E-state index < -0.39 is 0 Å². The second kappa shape index (κ2) is 4.94. The van der Waals surface area contributed by atoms with Gasteiger partial charge < -0.3 is 4.90 Å². The molecule has 1 aromatic carbocycles. The molecule has 0 bridgehead atoms. The van der Waals surface area contributed by atoms with Gasteiger partial charge in [-0.05, 0) is 18.2 Å². The quantitative estimate of drug-likeness (QED) is 0.848. The Labute approximate surface area is 120 Å². The summed E-state index contributed by atoms with van der Waals surface area (Å²) in [6, 6.07) is 5.88. The minimum absolute atomic E-state index is 0.0576. The van der Waals surface area contributed by atoms with Gasteiger partial charge in [-0.3, -0.25) is 14.3 Å². The first-order valence-corrected chi connectivity index (χ1v) is 7.32. The van der Waals surface area contributed by atoms with E-state index in [1.807, 2.05) is 25.2 Å². The summed E-state index contributed by atoms with van der Waals surface area (Å²) in [5.74, 6) is 0.0743. The minimum atomic E-state index is 0.0576. The molecule has 1 saturated heterocycles. The van der Waals surface area contributed by atoms with Crippen molar-refractivity contribution < 1.29 is 9.59 Å². The SMILES string of the molecule is CC(=O)SC1CC(=O)N(c2ccc3cnn(C)c3c2)C1. The van der Waals surface area contributed by atoms with E-state index in [0.717, 1.165) is 16.6 Å². The van der Waals surface area contributed by atoms with Gasteiger partial charge in [-0.1, -0.05) is 11.8 Å². The van der Waals surface area contributed by atoms with Crippen molar-refractivity contribution in [3.8, 4) is 0 Å². The summed E-state index contributed by atoms with van der Waals surface area (Å²) in [7, 11) is 1.88. The molecule has 1 aliphatic heterocycles. The van der Waals surface area contributed by atoms with Crippen molar-refractivity contribution in [1.82, 2.24) is 9.78 Å². The van der Waals surface area contributed by atoms with Crippen LogP contribution in [0.5, 0.6) is 0 Å². The predicted octanol–water partition coefficient (Wildman–Crippen LogP) is 1.96. The smallest absolute Gasteiger partial charge is 0.228 e. The second-order valence-electron chi connectivity index (χ2n) is 4.95. The fourth-order valence-corrected chi connectivity index (χ4v) is 3.46. The van der Waals surface area contributed by atoms with Crippen molar-refractivity contribution >= 4 is 39.4 Å². The molecule has 1 aromatic heterocycles. The monoisotopic (exact) mass is 289 g/mol. The van der Waals surface area contributed by atoms with Gasteiger partial charge in [0.1, 0.15) is 0 Å². The van der Waals surface area contributed by atoms with E-state index >= 15 is 0 Å². The zero-order valence-electron chi connectivity index (χ0n) is 11.4. The van der Waals surface area contributed by atoms with Crippen LogP contribution < -0.4 is 4.90 Å². The summed E-state index contributed by atoms with van der Waals surface area (Å²) in [6.45, 7) is 2.13. The van der Waals surface area contributed by atoms with Crippen LogP contribution >= 0.6 is 11.8 Å². The first kappa shape index (κ1) is 13.2. The summed E-state index contributed by atoms with van der Waals surface area (Å²) in [6.07, 6.45) is 2.23. The number of rotatable bonds is 2. The Kier molecular flexibility index (Phi) is 3.25. The fourth-order valence-electron chi connectivity index (χ4n) is 2.54. The highest BCUT2D eigenvalue weighted by molar-refractivity contribution is 8.14. The Hall–Kier alpha value is -1.82. The third kappa shape index (κ3) is 2.31. The van der Waals surface area contributed by atoms with Gasteiger partial charge in [0.25, 0.3) is 0 Å². The standard InChI is InChI=1S/C14H15N3O2S/c1-9(18)20-12-6-14(19)17(8-12)11-4-3-10-7-15-16(2)13(10)5-11/h3-5,7,12H,6,8H2,1-2H3. The molecule has 1 fully saturated rings. The van der Waals surface area contributed by atoms with Crippen LogP contribution in [-0.2, 0) is 16.6 Å². The number of benzene rings is 1. The van der Waals surface area contributed by atoms with E-state index in [1.165, 1.54) is 11.8 Å². The molecule has 6 heteroatoms. The third-order valence-corrected chi connectivity index (χ3v) is 4.45. The molecule has 20 heavy (non-hydrogen) atoms. The number of aromatic nitrogens is 2. The average molecular weight is 289 g/mol. The topological polar surface area (TPSA) is 55.2 Å². The first-order chi connectivity index (χ1) is 9.54. The maximum Gasteiger partial charge on any atom is 0.228 e. The highest BCUT2D eigenvalue weighted by Gasteiger charge is 2.32. The van der Waals surface area contributed by atoms with Crippen molar-refractivity contribution in [3.63, 3.8) is 0 Å². The van der Waals surface area contributed by atoms with E-state index in [0.29, 0.717) is 13.0 Å². The normalized spacial score (nSPS) is 19.0. The lowest BCUT2D eigenvalue weighted by Gasteiger charge is -2.16. The lowest BCUT2D eigenvalue weighted by atomic mass is 10.2. The number of thioether (sulfide) groups is 1. The van der Waals surface area contributed by atoms with Crippen LogP contribution in [0.1, 0.15) is 13.3 Å². The van der Waals surface area contributed by atoms with Gasteiger partial charge >= 0.3 is 0 Å². The largest absolute Gasteiger partial charge is 0.311 e. The van der Waals surface area contributed by atoms with Gasteiger partial charge in [0.05, 0.1) is 11.7 Å². The zero-order valence-corrected chi connectivity index (χ0v) is 12.2. The molecule has 1 atom stereocenters. The molecule has 5 nitrogen and oxygen atoms in total. The van der Waals surface area contributed by atoms with Crippen molar-refractivity contribution in [1.29, 1.82) is 0 Å². The molecule has 104 valence electrons. The van der Waals surface area contributed by atoms with Gasteiger partial charge in [0.2, 0.25) is 5.91 Å². The van der Waals surface area contributed by atoms with Crippen LogP contribution in [0.3, 0.4) is 0 Å². The Morgan fingerprint density at radius 3 is 3.00 bits per heavy atom.